The SMILES string of the molecule is O=C(/C=C/c1ccc2c(c1)CCC2NCCc1cc(C(F)(F)F)cc(C(F)(F)F)c1)CO. The van der Waals surface area contributed by atoms with Gasteiger partial charge in [0.1, 0.15) is 6.61 Å². The van der Waals surface area contributed by atoms with Gasteiger partial charge >= 0.3 is 12.4 Å². The number of aliphatic hydroxyl groups is 1. The number of aliphatic hydroxyl groups excluding tert-OH is 1. The lowest BCUT2D eigenvalue weighted by Crippen LogP contribution is -2.22. The standard InChI is InChI=1S/C23H21F6NO2/c24-22(25,26)17-10-15(11-18(12-17)23(27,28)29)7-8-30-21-6-3-16-9-14(2-5-20(16)21)1-4-19(32)13-31/h1-2,4-5,9-12,21,30-31H,3,6-8,13H2/b4-1+. The summed E-state index contributed by atoms with van der Waals surface area (Å²) < 4.78 is 78.0. The van der Waals surface area contributed by atoms with Crippen molar-refractivity contribution in [1.29, 1.82) is 0 Å². The van der Waals surface area contributed by atoms with Gasteiger partial charge in [0.2, 0.25) is 0 Å². The summed E-state index contributed by atoms with van der Waals surface area (Å²) in [6.45, 7) is -0.348. The minimum Gasteiger partial charge on any atom is -0.388 e. The summed E-state index contributed by atoms with van der Waals surface area (Å²) in [5.41, 5.74) is 0.208. The van der Waals surface area contributed by atoms with Crippen LogP contribution in [0.1, 0.15) is 45.8 Å². The van der Waals surface area contributed by atoms with Crippen molar-refractivity contribution >= 4 is 11.9 Å². The fourth-order valence-electron chi connectivity index (χ4n) is 3.75. The zero-order chi connectivity index (χ0) is 23.5. The first-order valence-corrected chi connectivity index (χ1v) is 9.93. The molecule has 1 atom stereocenters. The normalized spacial score (nSPS) is 16.5. The maximum atomic E-state index is 13.0. The predicted molar refractivity (Wildman–Crippen MR) is 107 cm³/mol. The van der Waals surface area contributed by atoms with E-state index >= 15 is 0 Å². The Balaban J connectivity index is 1.67. The van der Waals surface area contributed by atoms with E-state index in [1.165, 1.54) is 6.08 Å². The first-order valence-electron chi connectivity index (χ1n) is 9.93. The number of hydrogen-bond donors (Lipinski definition) is 2. The Bertz CT molecular complexity index is 978. The maximum Gasteiger partial charge on any atom is 0.416 e. The summed E-state index contributed by atoms with van der Waals surface area (Å²) in [7, 11) is 0. The molecule has 172 valence electrons. The molecule has 0 amide bonds. The quantitative estimate of drug-likeness (QED) is 0.448. The van der Waals surface area contributed by atoms with Crippen LogP contribution in [0.15, 0.2) is 42.5 Å². The number of carbonyl (C=O) groups excluding carboxylic acids is 1. The van der Waals surface area contributed by atoms with Crippen LogP contribution in [-0.4, -0.2) is 24.0 Å². The van der Waals surface area contributed by atoms with Gasteiger partial charge in [-0.05, 0) is 72.3 Å². The summed E-state index contributed by atoms with van der Waals surface area (Å²) in [5, 5.41) is 12.0. The first kappa shape index (κ1) is 24.0. The Kier molecular flexibility index (Phi) is 7.09. The Morgan fingerprint density at radius 2 is 1.69 bits per heavy atom. The molecule has 0 radical (unpaired) electrons. The van der Waals surface area contributed by atoms with E-state index in [0.717, 1.165) is 41.7 Å². The highest BCUT2D eigenvalue weighted by atomic mass is 19.4. The molecule has 0 bridgehead atoms. The van der Waals surface area contributed by atoms with E-state index in [1.54, 1.807) is 6.08 Å². The van der Waals surface area contributed by atoms with Crippen LogP contribution < -0.4 is 5.32 Å². The average Bonchev–Trinajstić information content (AvgIpc) is 3.12. The first-order chi connectivity index (χ1) is 15.0. The van der Waals surface area contributed by atoms with Gasteiger partial charge in [-0.25, -0.2) is 0 Å². The molecule has 3 rings (SSSR count). The van der Waals surface area contributed by atoms with Gasteiger partial charge in [-0.3, -0.25) is 4.79 Å². The summed E-state index contributed by atoms with van der Waals surface area (Å²) in [6, 6.07) is 7.19. The smallest absolute Gasteiger partial charge is 0.388 e. The fraction of sp³-hybridized carbons (Fsp3) is 0.348. The number of halogens is 6. The number of rotatable bonds is 7. The van der Waals surface area contributed by atoms with E-state index in [1.807, 2.05) is 18.2 Å². The Morgan fingerprint density at radius 1 is 1.03 bits per heavy atom. The maximum absolute atomic E-state index is 13.0. The molecule has 2 N–H and O–H groups in total. The van der Waals surface area contributed by atoms with Gasteiger partial charge in [0.25, 0.3) is 0 Å². The molecular weight excluding hydrogens is 436 g/mol. The molecule has 0 fully saturated rings. The molecule has 2 aromatic rings. The van der Waals surface area contributed by atoms with Crippen LogP contribution in [0.2, 0.25) is 0 Å². The number of alkyl halides is 6. The van der Waals surface area contributed by atoms with Gasteiger partial charge < -0.3 is 10.4 Å². The zero-order valence-corrected chi connectivity index (χ0v) is 16.9. The molecule has 0 heterocycles. The van der Waals surface area contributed by atoms with Crippen LogP contribution in [-0.2, 0) is 30.0 Å². The minimum absolute atomic E-state index is 0.0168. The van der Waals surface area contributed by atoms with Crippen molar-refractivity contribution < 1.29 is 36.2 Å². The summed E-state index contributed by atoms with van der Waals surface area (Å²) >= 11 is 0. The van der Waals surface area contributed by atoms with E-state index in [9.17, 15) is 31.1 Å². The van der Waals surface area contributed by atoms with Crippen LogP contribution in [0.5, 0.6) is 0 Å². The van der Waals surface area contributed by atoms with E-state index in [4.69, 9.17) is 5.11 Å². The Hall–Kier alpha value is -2.65. The lowest BCUT2D eigenvalue weighted by Gasteiger charge is -2.16. The molecule has 0 saturated carbocycles. The van der Waals surface area contributed by atoms with Crippen LogP contribution in [0.4, 0.5) is 26.3 Å². The minimum atomic E-state index is -4.86. The van der Waals surface area contributed by atoms with E-state index in [2.05, 4.69) is 5.32 Å². The second kappa shape index (κ2) is 9.46. The van der Waals surface area contributed by atoms with Crippen LogP contribution in [0, 0.1) is 0 Å². The number of benzene rings is 2. The largest absolute Gasteiger partial charge is 0.416 e. The third-order valence-electron chi connectivity index (χ3n) is 5.31. The Labute approximate surface area is 180 Å². The summed E-state index contributed by atoms with van der Waals surface area (Å²) in [6.07, 6.45) is -5.31. The van der Waals surface area contributed by atoms with Crippen molar-refractivity contribution in [3.8, 4) is 0 Å². The van der Waals surface area contributed by atoms with E-state index in [-0.39, 0.29) is 30.6 Å². The van der Waals surface area contributed by atoms with Gasteiger partial charge in [-0.1, -0.05) is 24.3 Å². The molecule has 0 spiro atoms. The number of carbonyl (C=O) groups is 1. The van der Waals surface area contributed by atoms with Crippen molar-refractivity contribution in [1.82, 2.24) is 5.32 Å². The number of nitrogens with one attached hydrogen (secondary N) is 1. The highest BCUT2D eigenvalue weighted by Crippen LogP contribution is 2.36. The van der Waals surface area contributed by atoms with Gasteiger partial charge in [0.05, 0.1) is 11.1 Å². The van der Waals surface area contributed by atoms with Crippen molar-refractivity contribution in [2.45, 2.75) is 37.7 Å². The van der Waals surface area contributed by atoms with Crippen molar-refractivity contribution in [2.75, 3.05) is 13.2 Å². The van der Waals surface area contributed by atoms with Crippen LogP contribution in [0.25, 0.3) is 6.08 Å². The third kappa shape index (κ3) is 5.98. The Morgan fingerprint density at radius 3 is 2.28 bits per heavy atom. The lowest BCUT2D eigenvalue weighted by molar-refractivity contribution is -0.143. The van der Waals surface area contributed by atoms with E-state index < -0.39 is 35.9 Å². The average molecular weight is 457 g/mol. The van der Waals surface area contributed by atoms with E-state index in [0.29, 0.717) is 0 Å². The zero-order valence-electron chi connectivity index (χ0n) is 16.9. The van der Waals surface area contributed by atoms with Crippen molar-refractivity contribution in [3.05, 3.63) is 75.9 Å². The molecule has 1 aliphatic carbocycles. The van der Waals surface area contributed by atoms with Crippen molar-refractivity contribution in [3.63, 3.8) is 0 Å². The van der Waals surface area contributed by atoms with Gasteiger partial charge in [0, 0.05) is 6.04 Å². The van der Waals surface area contributed by atoms with Gasteiger partial charge in [-0.15, -0.1) is 0 Å². The highest BCUT2D eigenvalue weighted by Gasteiger charge is 2.36. The molecule has 1 aliphatic rings. The summed E-state index contributed by atoms with van der Waals surface area (Å²) in [5.74, 6) is -0.409. The molecule has 0 saturated heterocycles. The van der Waals surface area contributed by atoms with Gasteiger partial charge in [-0.2, -0.15) is 26.3 Å². The predicted octanol–water partition coefficient (Wildman–Crippen LogP) is 5.12. The monoisotopic (exact) mass is 457 g/mol. The van der Waals surface area contributed by atoms with Crippen LogP contribution in [0.3, 0.4) is 0 Å². The number of hydrogen-bond acceptors (Lipinski definition) is 3. The fourth-order valence-corrected chi connectivity index (χ4v) is 3.75. The second-order valence-electron chi connectivity index (χ2n) is 7.63. The van der Waals surface area contributed by atoms with Gasteiger partial charge in [0.15, 0.2) is 5.78 Å². The van der Waals surface area contributed by atoms with Crippen LogP contribution >= 0.6 is 0 Å². The molecular formula is C23H21F6NO2. The van der Waals surface area contributed by atoms with Crippen molar-refractivity contribution in [2.24, 2.45) is 0 Å². The molecule has 32 heavy (non-hydrogen) atoms. The molecule has 0 aliphatic heterocycles. The summed E-state index contributed by atoms with van der Waals surface area (Å²) in [4.78, 5) is 11.2. The number of fused-ring (bicyclic) bond motifs is 1. The molecule has 2 aromatic carbocycles. The highest BCUT2D eigenvalue weighted by molar-refractivity contribution is 5.94. The topological polar surface area (TPSA) is 49.3 Å². The molecule has 0 aromatic heterocycles. The molecule has 3 nitrogen and oxygen atoms in total. The number of aryl methyl sites for hydroxylation is 1. The number of ketones is 1. The lowest BCUT2D eigenvalue weighted by atomic mass is 10.0. The second-order valence-corrected chi connectivity index (χ2v) is 7.63. The molecule has 9 heteroatoms. The third-order valence-corrected chi connectivity index (χ3v) is 5.31. The molecule has 1 unspecified atom stereocenters.